The average molecular weight is 373 g/mol. The second-order valence-corrected chi connectivity index (χ2v) is 7.28. The number of aryl methyl sites for hydroxylation is 2. The number of nitrogens with one attached hydrogen (secondary N) is 2. The van der Waals surface area contributed by atoms with Crippen molar-refractivity contribution in [2.45, 2.75) is 46.6 Å². The number of carbonyl (C=O) groups excluding carboxylic acids is 2. The second kappa shape index (κ2) is 8.66. The van der Waals surface area contributed by atoms with Gasteiger partial charge in [0.15, 0.2) is 5.82 Å². The summed E-state index contributed by atoms with van der Waals surface area (Å²) in [5, 5.41) is 9.82. The number of hydrogen-bond acceptors (Lipinski definition) is 5. The van der Waals surface area contributed by atoms with E-state index in [1.807, 2.05) is 19.9 Å². The summed E-state index contributed by atoms with van der Waals surface area (Å²) in [4.78, 5) is 28.0. The normalized spacial score (nSPS) is 11.1. The number of nitrogens with zero attached hydrogens (tertiary/aromatic N) is 3. The molecular formula is C19H27N5O3. The van der Waals surface area contributed by atoms with Gasteiger partial charge in [-0.3, -0.25) is 4.79 Å². The summed E-state index contributed by atoms with van der Waals surface area (Å²) in [6.07, 6.45) is 1.67. The molecule has 0 saturated carbocycles. The molecule has 2 aromatic rings. The van der Waals surface area contributed by atoms with Crippen LogP contribution in [0.2, 0.25) is 0 Å². The molecule has 0 fully saturated rings. The van der Waals surface area contributed by atoms with Crippen LogP contribution < -0.4 is 10.6 Å². The predicted molar refractivity (Wildman–Crippen MR) is 102 cm³/mol. The first-order chi connectivity index (χ1) is 12.7. The molecule has 0 aliphatic carbocycles. The van der Waals surface area contributed by atoms with Gasteiger partial charge < -0.3 is 15.4 Å². The molecule has 2 rings (SSSR count). The Kier molecular flexibility index (Phi) is 6.55. The number of rotatable bonds is 6. The number of hydrogen-bond donors (Lipinski definition) is 2. The summed E-state index contributed by atoms with van der Waals surface area (Å²) in [5.41, 5.74) is 1.84. The van der Waals surface area contributed by atoms with E-state index < -0.39 is 11.7 Å². The third-order valence-electron chi connectivity index (χ3n) is 3.54. The first-order valence-corrected chi connectivity index (χ1v) is 8.90. The third-order valence-corrected chi connectivity index (χ3v) is 3.54. The minimum absolute atomic E-state index is 0.209. The highest BCUT2D eigenvalue weighted by molar-refractivity contribution is 5.93. The van der Waals surface area contributed by atoms with Crippen molar-refractivity contribution in [3.8, 4) is 5.82 Å². The Morgan fingerprint density at radius 2 is 1.85 bits per heavy atom. The third kappa shape index (κ3) is 6.40. The summed E-state index contributed by atoms with van der Waals surface area (Å²) in [6.45, 7) is 10.2. The molecule has 2 aromatic heterocycles. The van der Waals surface area contributed by atoms with Crippen LogP contribution in [0, 0.1) is 13.8 Å². The van der Waals surface area contributed by atoms with Crippen LogP contribution in [0.3, 0.4) is 0 Å². The molecule has 0 radical (unpaired) electrons. The lowest BCUT2D eigenvalue weighted by molar-refractivity contribution is 0.0527. The fourth-order valence-corrected chi connectivity index (χ4v) is 2.40. The highest BCUT2D eigenvalue weighted by Gasteiger charge is 2.15. The summed E-state index contributed by atoms with van der Waals surface area (Å²) >= 11 is 0. The SMILES string of the molecule is Cc1cc(C)n(-c2ccc(C(=O)NCCCNC(=O)OC(C)(C)C)cn2)n1. The van der Waals surface area contributed by atoms with Gasteiger partial charge in [0.25, 0.3) is 5.91 Å². The minimum Gasteiger partial charge on any atom is -0.444 e. The molecule has 0 unspecified atom stereocenters. The molecule has 0 aromatic carbocycles. The number of ether oxygens (including phenoxy) is 1. The predicted octanol–water partition coefficient (Wildman–Crippen LogP) is 2.53. The van der Waals surface area contributed by atoms with Crippen molar-refractivity contribution in [3.05, 3.63) is 41.3 Å². The Bertz CT molecular complexity index is 791. The van der Waals surface area contributed by atoms with Crippen molar-refractivity contribution >= 4 is 12.0 Å². The monoisotopic (exact) mass is 373 g/mol. The highest BCUT2D eigenvalue weighted by Crippen LogP contribution is 2.10. The van der Waals surface area contributed by atoms with Gasteiger partial charge >= 0.3 is 6.09 Å². The van der Waals surface area contributed by atoms with Gasteiger partial charge in [-0.2, -0.15) is 5.10 Å². The largest absolute Gasteiger partial charge is 0.444 e. The molecule has 0 aliphatic heterocycles. The number of alkyl carbamates (subject to hydrolysis) is 1. The van der Waals surface area contributed by atoms with Gasteiger partial charge in [-0.15, -0.1) is 0 Å². The van der Waals surface area contributed by atoms with Crippen molar-refractivity contribution in [3.63, 3.8) is 0 Å². The number of carbonyl (C=O) groups is 2. The number of aromatic nitrogens is 3. The minimum atomic E-state index is -0.523. The van der Waals surface area contributed by atoms with Crippen molar-refractivity contribution in [2.75, 3.05) is 13.1 Å². The summed E-state index contributed by atoms with van der Waals surface area (Å²) in [7, 11) is 0. The first-order valence-electron chi connectivity index (χ1n) is 8.90. The summed E-state index contributed by atoms with van der Waals surface area (Å²) < 4.78 is 6.87. The first kappa shape index (κ1) is 20.4. The lowest BCUT2D eigenvalue weighted by atomic mass is 10.2. The molecule has 0 saturated heterocycles. The number of pyridine rings is 1. The smallest absolute Gasteiger partial charge is 0.407 e. The van der Waals surface area contributed by atoms with Gasteiger partial charge in [0.1, 0.15) is 5.60 Å². The highest BCUT2D eigenvalue weighted by atomic mass is 16.6. The van der Waals surface area contributed by atoms with Crippen molar-refractivity contribution in [1.29, 1.82) is 0 Å². The number of amides is 2. The van der Waals surface area contributed by atoms with Crippen LogP contribution in [0.1, 0.15) is 48.9 Å². The maximum atomic E-state index is 12.2. The Hall–Kier alpha value is -2.90. The van der Waals surface area contributed by atoms with Gasteiger partial charge in [0.05, 0.1) is 11.3 Å². The van der Waals surface area contributed by atoms with E-state index >= 15 is 0 Å². The maximum Gasteiger partial charge on any atom is 0.407 e. The quantitative estimate of drug-likeness (QED) is 0.758. The Morgan fingerprint density at radius 3 is 2.41 bits per heavy atom. The zero-order valence-corrected chi connectivity index (χ0v) is 16.5. The van der Waals surface area contributed by atoms with Crippen LogP contribution in [0.25, 0.3) is 5.82 Å². The van der Waals surface area contributed by atoms with E-state index in [0.29, 0.717) is 30.9 Å². The molecule has 146 valence electrons. The molecule has 0 spiro atoms. The van der Waals surface area contributed by atoms with Crippen molar-refractivity contribution in [2.24, 2.45) is 0 Å². The average Bonchev–Trinajstić information content (AvgIpc) is 2.91. The van der Waals surface area contributed by atoms with Gasteiger partial charge in [-0.1, -0.05) is 0 Å². The Balaban J connectivity index is 1.76. The van der Waals surface area contributed by atoms with E-state index in [9.17, 15) is 9.59 Å². The van der Waals surface area contributed by atoms with Crippen LogP contribution in [0.5, 0.6) is 0 Å². The van der Waals surface area contributed by atoms with Gasteiger partial charge in [0, 0.05) is 25.0 Å². The molecular weight excluding hydrogens is 346 g/mol. The lowest BCUT2D eigenvalue weighted by Gasteiger charge is -2.19. The molecule has 8 heteroatoms. The topological polar surface area (TPSA) is 98.1 Å². The molecule has 2 N–H and O–H groups in total. The Morgan fingerprint density at radius 1 is 1.15 bits per heavy atom. The van der Waals surface area contributed by atoms with E-state index in [2.05, 4.69) is 20.7 Å². The van der Waals surface area contributed by atoms with Crippen molar-refractivity contribution < 1.29 is 14.3 Å². The van der Waals surface area contributed by atoms with Gasteiger partial charge in [0.2, 0.25) is 0 Å². The van der Waals surface area contributed by atoms with Crippen LogP contribution >= 0.6 is 0 Å². The second-order valence-electron chi connectivity index (χ2n) is 7.28. The zero-order chi connectivity index (χ0) is 20.0. The van der Waals surface area contributed by atoms with Crippen LogP contribution in [-0.2, 0) is 4.74 Å². The van der Waals surface area contributed by atoms with Gasteiger partial charge in [-0.25, -0.2) is 14.5 Å². The summed E-state index contributed by atoms with van der Waals surface area (Å²) in [6, 6.07) is 5.44. The Labute approximate surface area is 159 Å². The van der Waals surface area contributed by atoms with Gasteiger partial charge in [-0.05, 0) is 59.2 Å². The van der Waals surface area contributed by atoms with E-state index in [-0.39, 0.29) is 5.91 Å². The van der Waals surface area contributed by atoms with Crippen LogP contribution in [0.15, 0.2) is 24.4 Å². The van der Waals surface area contributed by atoms with Crippen LogP contribution in [-0.4, -0.2) is 45.5 Å². The molecule has 0 aliphatic rings. The summed E-state index contributed by atoms with van der Waals surface area (Å²) in [5.74, 6) is 0.457. The molecule has 0 atom stereocenters. The lowest BCUT2D eigenvalue weighted by Crippen LogP contribution is -2.34. The van der Waals surface area contributed by atoms with Crippen LogP contribution in [0.4, 0.5) is 4.79 Å². The zero-order valence-electron chi connectivity index (χ0n) is 16.5. The van der Waals surface area contributed by atoms with E-state index in [0.717, 1.165) is 11.4 Å². The molecule has 2 heterocycles. The molecule has 2 amide bonds. The van der Waals surface area contributed by atoms with E-state index in [1.165, 1.54) is 6.20 Å². The van der Waals surface area contributed by atoms with Crippen molar-refractivity contribution in [1.82, 2.24) is 25.4 Å². The molecule has 0 bridgehead atoms. The standard InChI is InChI=1S/C19H27N5O3/c1-13-11-14(2)24(23-13)16-8-7-15(12-22-16)17(25)20-9-6-10-21-18(26)27-19(3,4)5/h7-8,11-12H,6,9-10H2,1-5H3,(H,20,25)(H,21,26). The van der Waals surface area contributed by atoms with E-state index in [4.69, 9.17) is 4.74 Å². The fraction of sp³-hybridized carbons (Fsp3) is 0.474. The maximum absolute atomic E-state index is 12.2. The van der Waals surface area contributed by atoms with E-state index in [1.54, 1.807) is 37.6 Å². The fourth-order valence-electron chi connectivity index (χ4n) is 2.40. The molecule has 8 nitrogen and oxygen atoms in total. The molecule has 27 heavy (non-hydrogen) atoms.